The predicted octanol–water partition coefficient (Wildman–Crippen LogP) is 3.74. The van der Waals surface area contributed by atoms with Crippen LogP contribution in [0.5, 0.6) is 5.75 Å². The minimum Gasteiger partial charge on any atom is -0.481 e. The lowest BCUT2D eigenvalue weighted by Gasteiger charge is -2.35. The van der Waals surface area contributed by atoms with Crippen LogP contribution in [0, 0.1) is 12.8 Å². The van der Waals surface area contributed by atoms with Crippen molar-refractivity contribution >= 4 is 5.91 Å². The van der Waals surface area contributed by atoms with Crippen molar-refractivity contribution in [1.82, 2.24) is 20.4 Å². The van der Waals surface area contributed by atoms with Gasteiger partial charge in [0.2, 0.25) is 5.89 Å². The average Bonchev–Trinajstić information content (AvgIpc) is 3.40. The maximum atomic E-state index is 15.0. The summed E-state index contributed by atoms with van der Waals surface area (Å²) in [4.78, 5) is 21.3. The van der Waals surface area contributed by atoms with Crippen LogP contribution < -0.4 is 10.1 Å². The Labute approximate surface area is 187 Å². The highest BCUT2D eigenvalue weighted by atomic mass is 19.4. The van der Waals surface area contributed by atoms with Crippen LogP contribution in [0.3, 0.4) is 0 Å². The maximum Gasteiger partial charge on any atom is 0.425 e. The Hall–Kier alpha value is -2.76. The molecule has 12 heteroatoms. The van der Waals surface area contributed by atoms with Gasteiger partial charge in [-0.15, -0.1) is 0 Å². The van der Waals surface area contributed by atoms with E-state index in [0.717, 1.165) is 32.0 Å². The third-order valence-corrected chi connectivity index (χ3v) is 5.81. The minimum absolute atomic E-state index is 0.198. The van der Waals surface area contributed by atoms with Crippen molar-refractivity contribution in [3.63, 3.8) is 0 Å². The van der Waals surface area contributed by atoms with Crippen LogP contribution in [-0.4, -0.2) is 46.5 Å². The summed E-state index contributed by atoms with van der Waals surface area (Å²) in [6.45, 7) is 3.49. The number of ether oxygens (including phenoxy) is 2. The van der Waals surface area contributed by atoms with Gasteiger partial charge in [-0.05, 0) is 26.2 Å². The molecule has 2 fully saturated rings. The van der Waals surface area contributed by atoms with Crippen LogP contribution in [0.25, 0.3) is 0 Å². The Morgan fingerprint density at radius 1 is 1.36 bits per heavy atom. The molecule has 8 nitrogen and oxygen atoms in total. The van der Waals surface area contributed by atoms with Crippen LogP contribution in [0.1, 0.15) is 60.9 Å². The van der Waals surface area contributed by atoms with Gasteiger partial charge < -0.3 is 19.3 Å². The average molecular weight is 472 g/mol. The lowest BCUT2D eigenvalue weighted by molar-refractivity contribution is -0.190. The molecular weight excluding hydrogens is 448 g/mol. The van der Waals surface area contributed by atoms with Gasteiger partial charge in [-0.25, -0.2) is 4.39 Å². The SMILES string of the molecule is Cc1nc(C(C)(CC2CC2)NC(=O)c2cc(O[C@@H](C)C(F)(F)F)c(C3(F)COC3)cn2)no1. The third-order valence-electron chi connectivity index (χ3n) is 5.81. The van der Waals surface area contributed by atoms with Crippen molar-refractivity contribution < 1.29 is 36.4 Å². The fourth-order valence-electron chi connectivity index (χ4n) is 3.62. The number of nitrogens with zero attached hydrogens (tertiary/aromatic N) is 3. The number of aryl methyl sites for hydroxylation is 1. The first kappa shape index (κ1) is 23.4. The first-order chi connectivity index (χ1) is 15.4. The monoisotopic (exact) mass is 472 g/mol. The highest BCUT2D eigenvalue weighted by molar-refractivity contribution is 5.93. The number of pyridine rings is 1. The zero-order valence-corrected chi connectivity index (χ0v) is 18.3. The number of aromatic nitrogens is 3. The largest absolute Gasteiger partial charge is 0.481 e. The number of nitrogens with one attached hydrogen (secondary N) is 1. The van der Waals surface area contributed by atoms with Gasteiger partial charge in [-0.2, -0.15) is 18.2 Å². The van der Waals surface area contributed by atoms with E-state index in [1.165, 1.54) is 0 Å². The van der Waals surface area contributed by atoms with E-state index in [2.05, 4.69) is 20.4 Å². The van der Waals surface area contributed by atoms with Gasteiger partial charge in [0, 0.05) is 19.2 Å². The molecule has 1 N–H and O–H groups in total. The van der Waals surface area contributed by atoms with E-state index < -0.39 is 35.1 Å². The summed E-state index contributed by atoms with van der Waals surface area (Å²) in [6.07, 6.45) is -3.32. The number of rotatable bonds is 8. The third kappa shape index (κ3) is 4.94. The Morgan fingerprint density at radius 2 is 2.06 bits per heavy atom. The molecular formula is C21H24F4N4O4. The Bertz CT molecular complexity index is 1040. The molecule has 0 aromatic carbocycles. The summed E-state index contributed by atoms with van der Waals surface area (Å²) in [7, 11) is 0. The van der Waals surface area contributed by atoms with E-state index in [9.17, 15) is 22.4 Å². The Kier molecular flexibility index (Phi) is 5.83. The highest BCUT2D eigenvalue weighted by Crippen LogP contribution is 2.42. The van der Waals surface area contributed by atoms with Gasteiger partial charge >= 0.3 is 6.18 Å². The molecule has 1 amide bonds. The van der Waals surface area contributed by atoms with Gasteiger partial charge in [0.05, 0.1) is 18.8 Å². The number of carbonyl (C=O) groups is 1. The summed E-state index contributed by atoms with van der Waals surface area (Å²) in [5, 5.41) is 6.76. The number of carbonyl (C=O) groups excluding carboxylic acids is 1. The molecule has 3 heterocycles. The van der Waals surface area contributed by atoms with E-state index in [1.54, 1.807) is 13.8 Å². The standard InChI is InChI=1S/C21H24F4N4O4/c1-11(21(23,24)25)32-16-6-15(26-8-14(16)20(22)9-31-10-20)17(30)28-19(3,7-13-4-5-13)18-27-12(2)33-29-18/h6,8,11,13H,4-5,7,9-10H2,1-3H3,(H,28,30)/t11-,19?/m0/s1. The van der Waals surface area contributed by atoms with Gasteiger partial charge in [0.1, 0.15) is 17.0 Å². The molecule has 1 aliphatic carbocycles. The molecule has 1 saturated carbocycles. The molecule has 1 aliphatic heterocycles. The smallest absolute Gasteiger partial charge is 0.425 e. The molecule has 180 valence electrons. The van der Waals surface area contributed by atoms with Gasteiger partial charge in [-0.1, -0.05) is 18.0 Å². The number of hydrogen-bond donors (Lipinski definition) is 1. The lowest BCUT2D eigenvalue weighted by atomic mass is 9.92. The molecule has 0 radical (unpaired) electrons. The number of halogens is 4. The van der Waals surface area contributed by atoms with E-state index in [1.807, 2.05) is 0 Å². The fourth-order valence-corrected chi connectivity index (χ4v) is 3.62. The van der Waals surface area contributed by atoms with E-state index in [-0.39, 0.29) is 30.3 Å². The normalized spacial score (nSPS) is 20.5. The van der Waals surface area contributed by atoms with E-state index in [4.69, 9.17) is 14.0 Å². The van der Waals surface area contributed by atoms with Crippen molar-refractivity contribution in [2.75, 3.05) is 13.2 Å². The fraction of sp³-hybridized carbons (Fsp3) is 0.619. The van der Waals surface area contributed by atoms with Crippen LogP contribution in [0.2, 0.25) is 0 Å². The molecule has 0 bridgehead atoms. The van der Waals surface area contributed by atoms with Crippen LogP contribution in [0.15, 0.2) is 16.8 Å². The van der Waals surface area contributed by atoms with Crippen LogP contribution in [-0.2, 0) is 15.9 Å². The minimum atomic E-state index is -4.68. The highest BCUT2D eigenvalue weighted by Gasteiger charge is 2.46. The summed E-state index contributed by atoms with van der Waals surface area (Å²) in [5.74, 6) is -0.106. The first-order valence-corrected chi connectivity index (χ1v) is 10.5. The second-order valence-corrected chi connectivity index (χ2v) is 8.90. The predicted molar refractivity (Wildman–Crippen MR) is 105 cm³/mol. The molecule has 2 atom stereocenters. The molecule has 33 heavy (non-hydrogen) atoms. The van der Waals surface area contributed by atoms with E-state index >= 15 is 0 Å². The van der Waals surface area contributed by atoms with Gasteiger partial charge in [0.15, 0.2) is 17.6 Å². The van der Waals surface area contributed by atoms with Crippen molar-refractivity contribution in [3.8, 4) is 5.75 Å². The van der Waals surface area contributed by atoms with E-state index in [0.29, 0.717) is 18.2 Å². The number of alkyl halides is 4. The zero-order valence-electron chi connectivity index (χ0n) is 18.3. The second kappa shape index (κ2) is 8.23. The molecule has 2 aromatic rings. The number of amides is 1. The first-order valence-electron chi connectivity index (χ1n) is 10.5. The quantitative estimate of drug-likeness (QED) is 0.585. The number of hydrogen-bond acceptors (Lipinski definition) is 7. The summed E-state index contributed by atoms with van der Waals surface area (Å²) < 4.78 is 69.2. The molecule has 4 rings (SSSR count). The van der Waals surface area contributed by atoms with Crippen LogP contribution in [0.4, 0.5) is 17.6 Å². The Morgan fingerprint density at radius 3 is 2.58 bits per heavy atom. The Balaban J connectivity index is 1.63. The van der Waals surface area contributed by atoms with Crippen molar-refractivity contribution in [2.24, 2.45) is 5.92 Å². The maximum absolute atomic E-state index is 15.0. The summed E-state index contributed by atoms with van der Waals surface area (Å²) in [6, 6.07) is 1.02. The summed E-state index contributed by atoms with van der Waals surface area (Å²) >= 11 is 0. The molecule has 1 unspecified atom stereocenters. The second-order valence-electron chi connectivity index (χ2n) is 8.90. The van der Waals surface area contributed by atoms with Gasteiger partial charge in [-0.3, -0.25) is 9.78 Å². The molecule has 2 aromatic heterocycles. The van der Waals surface area contributed by atoms with Gasteiger partial charge in [0.25, 0.3) is 5.91 Å². The lowest BCUT2D eigenvalue weighted by Crippen LogP contribution is -2.45. The topological polar surface area (TPSA) is 99.4 Å². The van der Waals surface area contributed by atoms with Crippen molar-refractivity contribution in [1.29, 1.82) is 0 Å². The molecule has 2 aliphatic rings. The molecule has 1 saturated heterocycles. The zero-order chi connectivity index (χ0) is 24.0. The van der Waals surface area contributed by atoms with Crippen LogP contribution >= 0.6 is 0 Å². The van der Waals surface area contributed by atoms with Crippen molar-refractivity contribution in [3.05, 3.63) is 35.2 Å². The molecule has 0 spiro atoms. The summed E-state index contributed by atoms with van der Waals surface area (Å²) in [5.41, 5.74) is -3.45. The van der Waals surface area contributed by atoms with Crippen molar-refractivity contribution in [2.45, 2.75) is 63.5 Å².